The van der Waals surface area contributed by atoms with Crippen LogP contribution in [0.15, 0.2) is 83.4 Å². The van der Waals surface area contributed by atoms with Crippen molar-refractivity contribution in [3.8, 4) is 22.6 Å². The first-order valence-corrected chi connectivity index (χ1v) is 11.0. The summed E-state index contributed by atoms with van der Waals surface area (Å²) in [6.45, 7) is 8.93. The van der Waals surface area contributed by atoms with Crippen molar-refractivity contribution in [3.63, 3.8) is 0 Å². The molecule has 0 spiro atoms. The monoisotopic (exact) mass is 405 g/mol. The summed E-state index contributed by atoms with van der Waals surface area (Å²) in [6.07, 6.45) is 1.91. The van der Waals surface area contributed by atoms with Gasteiger partial charge in [-0.3, -0.25) is 4.98 Å². The summed E-state index contributed by atoms with van der Waals surface area (Å²) in [5.41, 5.74) is 6.75. The Morgan fingerprint density at radius 2 is 1.52 bits per heavy atom. The highest BCUT2D eigenvalue weighted by Gasteiger charge is 2.16. The third-order valence-electron chi connectivity index (χ3n) is 6.08. The normalized spacial score (nSPS) is 11.8. The number of furan rings is 1. The second-order valence-corrected chi connectivity index (χ2v) is 8.90. The molecule has 0 atom stereocenters. The van der Waals surface area contributed by atoms with E-state index >= 15 is 0 Å². The van der Waals surface area contributed by atoms with Gasteiger partial charge in [-0.1, -0.05) is 70.2 Å². The molecule has 0 unspecified atom stereocenters. The zero-order valence-electron chi connectivity index (χ0n) is 18.5. The Bertz CT molecular complexity index is 1380. The summed E-state index contributed by atoms with van der Waals surface area (Å²) in [6, 6.07) is 25.7. The third-order valence-corrected chi connectivity index (χ3v) is 6.08. The standard InChI is InChI=1S/C29H27NO/c1-18(2)22-11-10-20-12-13-30-29(25(20)14-22)23-15-24(19(3)4)26-17-27(31-28(26)16-23)21-8-6-5-7-9-21/h5-19H,1-4H3. The quantitative estimate of drug-likeness (QED) is 0.299. The molecular formula is C29H27NO. The van der Waals surface area contributed by atoms with Crippen LogP contribution in [0.5, 0.6) is 0 Å². The molecule has 0 aliphatic rings. The van der Waals surface area contributed by atoms with E-state index in [0.29, 0.717) is 11.8 Å². The first-order valence-electron chi connectivity index (χ1n) is 11.0. The molecule has 154 valence electrons. The fourth-order valence-corrected chi connectivity index (χ4v) is 4.30. The van der Waals surface area contributed by atoms with Gasteiger partial charge in [0, 0.05) is 28.1 Å². The molecule has 0 amide bonds. The van der Waals surface area contributed by atoms with Crippen LogP contribution < -0.4 is 0 Å². The minimum atomic E-state index is 0.380. The summed E-state index contributed by atoms with van der Waals surface area (Å²) in [5, 5.41) is 3.59. The lowest BCUT2D eigenvalue weighted by atomic mass is 9.93. The van der Waals surface area contributed by atoms with Crippen molar-refractivity contribution in [3.05, 3.63) is 90.1 Å². The van der Waals surface area contributed by atoms with Crippen molar-refractivity contribution >= 4 is 21.7 Å². The summed E-state index contributed by atoms with van der Waals surface area (Å²) in [5.74, 6) is 1.76. The highest BCUT2D eigenvalue weighted by Crippen LogP contribution is 2.38. The lowest BCUT2D eigenvalue weighted by molar-refractivity contribution is 0.631. The number of pyridine rings is 1. The number of nitrogens with zero attached hydrogens (tertiary/aromatic N) is 1. The molecule has 2 nitrogen and oxygen atoms in total. The van der Waals surface area contributed by atoms with Crippen LogP contribution in [-0.4, -0.2) is 4.98 Å². The molecule has 0 aliphatic heterocycles. The van der Waals surface area contributed by atoms with E-state index in [-0.39, 0.29) is 0 Å². The highest BCUT2D eigenvalue weighted by molar-refractivity contribution is 5.98. The average molecular weight is 406 g/mol. The van der Waals surface area contributed by atoms with E-state index in [1.54, 1.807) is 0 Å². The molecule has 0 saturated carbocycles. The molecule has 2 aromatic heterocycles. The van der Waals surface area contributed by atoms with Crippen LogP contribution in [0.25, 0.3) is 44.3 Å². The smallest absolute Gasteiger partial charge is 0.135 e. The maximum atomic E-state index is 6.35. The summed E-state index contributed by atoms with van der Waals surface area (Å²) in [7, 11) is 0. The minimum absolute atomic E-state index is 0.380. The fraction of sp³-hybridized carbons (Fsp3) is 0.207. The van der Waals surface area contributed by atoms with E-state index in [1.165, 1.54) is 27.3 Å². The van der Waals surface area contributed by atoms with E-state index in [1.807, 2.05) is 24.4 Å². The number of hydrogen-bond donors (Lipinski definition) is 0. The SMILES string of the molecule is CC(C)c1ccc2ccnc(-c3cc(C(C)C)c4cc(-c5ccccc5)oc4c3)c2c1. The molecule has 0 N–H and O–H groups in total. The number of hydrogen-bond acceptors (Lipinski definition) is 2. The van der Waals surface area contributed by atoms with Gasteiger partial charge in [-0.15, -0.1) is 0 Å². The van der Waals surface area contributed by atoms with Gasteiger partial charge < -0.3 is 4.42 Å². The second kappa shape index (κ2) is 7.70. The largest absolute Gasteiger partial charge is 0.456 e. The van der Waals surface area contributed by atoms with Crippen molar-refractivity contribution in [2.75, 3.05) is 0 Å². The van der Waals surface area contributed by atoms with Gasteiger partial charge in [0.25, 0.3) is 0 Å². The molecule has 0 saturated heterocycles. The third kappa shape index (κ3) is 3.53. The van der Waals surface area contributed by atoms with Crippen LogP contribution in [0.2, 0.25) is 0 Å². The van der Waals surface area contributed by atoms with Crippen molar-refractivity contribution in [1.29, 1.82) is 0 Å². The van der Waals surface area contributed by atoms with Gasteiger partial charge in [-0.25, -0.2) is 0 Å². The van der Waals surface area contributed by atoms with Crippen LogP contribution in [0.4, 0.5) is 0 Å². The fourth-order valence-electron chi connectivity index (χ4n) is 4.30. The Hall–Kier alpha value is -3.39. The molecule has 31 heavy (non-hydrogen) atoms. The molecule has 2 heteroatoms. The minimum Gasteiger partial charge on any atom is -0.456 e. The van der Waals surface area contributed by atoms with Crippen molar-refractivity contribution < 1.29 is 4.42 Å². The van der Waals surface area contributed by atoms with E-state index in [0.717, 1.165) is 28.2 Å². The Kier molecular flexibility index (Phi) is 4.86. The maximum Gasteiger partial charge on any atom is 0.135 e. The lowest BCUT2D eigenvalue weighted by Gasteiger charge is -2.13. The number of benzene rings is 3. The van der Waals surface area contributed by atoms with Crippen molar-refractivity contribution in [2.45, 2.75) is 39.5 Å². The van der Waals surface area contributed by atoms with Gasteiger partial charge in [0.15, 0.2) is 0 Å². The zero-order valence-corrected chi connectivity index (χ0v) is 18.5. The number of rotatable bonds is 4. The van der Waals surface area contributed by atoms with Crippen molar-refractivity contribution in [2.24, 2.45) is 0 Å². The molecule has 3 aromatic carbocycles. The van der Waals surface area contributed by atoms with Gasteiger partial charge >= 0.3 is 0 Å². The van der Waals surface area contributed by atoms with Gasteiger partial charge in [-0.2, -0.15) is 0 Å². The first kappa shape index (κ1) is 19.6. The molecule has 0 aliphatic carbocycles. The van der Waals surface area contributed by atoms with E-state index in [2.05, 4.69) is 82.3 Å². The predicted octanol–water partition coefficient (Wildman–Crippen LogP) is 8.56. The second-order valence-electron chi connectivity index (χ2n) is 8.90. The summed E-state index contributed by atoms with van der Waals surface area (Å²) >= 11 is 0. The topological polar surface area (TPSA) is 26.0 Å². The Morgan fingerprint density at radius 3 is 2.26 bits per heavy atom. The zero-order chi connectivity index (χ0) is 21.5. The van der Waals surface area contributed by atoms with Gasteiger partial charge in [0.2, 0.25) is 0 Å². The van der Waals surface area contributed by atoms with E-state index in [9.17, 15) is 0 Å². The van der Waals surface area contributed by atoms with Crippen LogP contribution in [0.3, 0.4) is 0 Å². The molecule has 0 fully saturated rings. The molecule has 5 rings (SSSR count). The Labute approximate surface area is 183 Å². The lowest BCUT2D eigenvalue weighted by Crippen LogP contribution is -1.93. The molecule has 0 bridgehead atoms. The van der Waals surface area contributed by atoms with Gasteiger partial charge in [0.1, 0.15) is 11.3 Å². The summed E-state index contributed by atoms with van der Waals surface area (Å²) < 4.78 is 6.35. The van der Waals surface area contributed by atoms with Crippen molar-refractivity contribution in [1.82, 2.24) is 4.98 Å². The summed E-state index contributed by atoms with van der Waals surface area (Å²) in [4.78, 5) is 4.81. The average Bonchev–Trinajstić information content (AvgIpc) is 3.22. The highest BCUT2D eigenvalue weighted by atomic mass is 16.3. The van der Waals surface area contributed by atoms with Gasteiger partial charge in [0.05, 0.1) is 5.69 Å². The van der Waals surface area contributed by atoms with E-state index < -0.39 is 0 Å². The number of fused-ring (bicyclic) bond motifs is 2. The van der Waals surface area contributed by atoms with Crippen LogP contribution in [0.1, 0.15) is 50.7 Å². The van der Waals surface area contributed by atoms with Crippen LogP contribution >= 0.6 is 0 Å². The first-order chi connectivity index (χ1) is 15.0. The van der Waals surface area contributed by atoms with E-state index in [4.69, 9.17) is 9.40 Å². The Balaban J connectivity index is 1.75. The van der Waals surface area contributed by atoms with Crippen LogP contribution in [-0.2, 0) is 0 Å². The predicted molar refractivity (Wildman–Crippen MR) is 131 cm³/mol. The Morgan fingerprint density at radius 1 is 0.710 bits per heavy atom. The molecule has 0 radical (unpaired) electrons. The van der Waals surface area contributed by atoms with Gasteiger partial charge in [-0.05, 0) is 58.7 Å². The van der Waals surface area contributed by atoms with Crippen LogP contribution in [0, 0.1) is 0 Å². The number of aromatic nitrogens is 1. The molecule has 5 aromatic rings. The molecular weight excluding hydrogens is 378 g/mol. The molecule has 2 heterocycles. The maximum absolute atomic E-state index is 6.35.